The van der Waals surface area contributed by atoms with Gasteiger partial charge in [0.15, 0.2) is 11.6 Å². The monoisotopic (exact) mass is 942 g/mol. The van der Waals surface area contributed by atoms with Crippen LogP contribution in [0, 0.1) is 34.5 Å². The molecule has 348 valence electrons. The van der Waals surface area contributed by atoms with Crippen LogP contribution >= 0.6 is 29.9 Å². The van der Waals surface area contributed by atoms with Gasteiger partial charge in [-0.1, -0.05) is 87.9 Å². The number of alkyl carbamates (subject to hydrolysis) is 1. The van der Waals surface area contributed by atoms with Crippen LogP contribution < -0.4 is 5.32 Å². The third kappa shape index (κ3) is 10.7. The number of Topliss-reactive ketones (excluding diaryl/α,β-unsaturated/α-hetero) is 1. The van der Waals surface area contributed by atoms with E-state index in [9.17, 15) is 43.4 Å². The molecule has 0 radical (unpaired) electrons. The molecule has 0 saturated heterocycles. The van der Waals surface area contributed by atoms with Gasteiger partial charge in [0.05, 0.1) is 12.7 Å². The number of fused-ring (bicyclic) bond motifs is 8. The van der Waals surface area contributed by atoms with Crippen LogP contribution in [0.4, 0.5) is 4.79 Å². The van der Waals surface area contributed by atoms with E-state index < -0.39 is 52.0 Å². The van der Waals surface area contributed by atoms with Gasteiger partial charge in [0, 0.05) is 48.4 Å². The van der Waals surface area contributed by atoms with Crippen molar-refractivity contribution in [2.24, 2.45) is 34.5 Å². The Hall–Kier alpha value is -3.82. The summed E-state index contributed by atoms with van der Waals surface area (Å²) >= 11 is 0. The van der Waals surface area contributed by atoms with Crippen molar-refractivity contribution in [3.63, 3.8) is 0 Å². The van der Waals surface area contributed by atoms with Gasteiger partial charge in [-0.3, -0.25) is 28.6 Å². The van der Waals surface area contributed by atoms with Crippen molar-refractivity contribution < 1.29 is 61.5 Å². The summed E-state index contributed by atoms with van der Waals surface area (Å²) in [5.41, 5.74) is 4.49. The molecule has 64 heavy (non-hydrogen) atoms. The predicted octanol–water partition coefficient (Wildman–Crippen LogP) is 7.43. The average Bonchev–Trinajstić information content (AvgIpc) is 3.90. The zero-order valence-corrected chi connectivity index (χ0v) is 39.6. The number of amides is 3. The van der Waals surface area contributed by atoms with Gasteiger partial charge in [-0.25, -0.2) is 13.7 Å². The smallest absolute Gasteiger partial charge is 0.449 e. The number of nitrogens with zero attached hydrogens (tertiary/aromatic N) is 1. The van der Waals surface area contributed by atoms with Gasteiger partial charge in [0.25, 0.3) is 11.8 Å². The Bertz CT molecular complexity index is 2150. The molecule has 2 aromatic carbocycles. The number of benzene rings is 2. The van der Waals surface area contributed by atoms with E-state index in [1.165, 1.54) is 17.1 Å². The third-order valence-corrected chi connectivity index (χ3v) is 15.8. The number of imide groups is 1. The molecule has 8 rings (SSSR count). The number of hydrogen-bond donors (Lipinski definition) is 4. The van der Waals surface area contributed by atoms with Crippen molar-refractivity contribution in [1.82, 2.24) is 10.2 Å². The van der Waals surface area contributed by atoms with E-state index in [1.54, 1.807) is 19.1 Å². The molecule has 2 aromatic rings. The van der Waals surface area contributed by atoms with E-state index in [-0.39, 0.29) is 80.3 Å². The van der Waals surface area contributed by atoms with Crippen LogP contribution in [0.15, 0.2) is 84.5 Å². The van der Waals surface area contributed by atoms with E-state index in [1.807, 2.05) is 75.4 Å². The molecule has 6 aliphatic rings. The fourth-order valence-corrected chi connectivity index (χ4v) is 12.5. The minimum atomic E-state index is -4.88. The zero-order valence-electron chi connectivity index (χ0n) is 36.8. The number of hydrogen-bond acceptors (Lipinski definition) is 12. The standard InChI is InChI=1S/C38H45NO11P2.C6H7NO2.C2H6.H2S/c1-37-16-15-24(40)19-23(37)11-12-29-31-13-14-32(38(31,2)20-33(41)35(29)37)34(42)22-49-52(45,46)50-51(44)48-18-17-39-36(43)47-21-30-27-9-5-3-7-25(27)26-8-4-6-10-28(26)30;1-2-7-5(8)3-4-6(7)9;1-2;/h3-10,15-16,19,29-33,35,41,44H,11-14,17-18,20-22H2,1-2H3,(H,39,43)(H,45,46);3-4H,2H2,1H3;1-2H3;1H2. The van der Waals surface area contributed by atoms with E-state index in [0.717, 1.165) is 47.1 Å². The Morgan fingerprint density at radius 3 is 2.19 bits per heavy atom. The maximum Gasteiger partial charge on any atom is 0.479 e. The molecule has 1 heterocycles. The summed E-state index contributed by atoms with van der Waals surface area (Å²) in [5.74, 6) is -1.14. The minimum absolute atomic E-state index is 0. The Labute approximate surface area is 382 Å². The van der Waals surface area contributed by atoms with Crippen LogP contribution in [-0.4, -0.2) is 88.3 Å². The fourth-order valence-electron chi connectivity index (χ4n) is 10.9. The number of aliphatic hydroxyl groups excluding tert-OH is 1. The molecule has 9 atom stereocenters. The molecule has 9 unspecified atom stereocenters. The summed E-state index contributed by atoms with van der Waals surface area (Å²) in [4.78, 5) is 80.8. The summed E-state index contributed by atoms with van der Waals surface area (Å²) in [6.45, 7) is 9.44. The number of carbonyl (C=O) groups excluding carboxylic acids is 5. The SMILES string of the molecule is CC.CC12C=CC(=O)C=C1CCC1C2C(O)CC2(C)C(C(=O)COP(=O)(O)OP(O)OCCNC(=O)OCC3c4ccccc4-c4ccccc43)CCC12.CCN1C(=O)C=CC1=O.S. The van der Waals surface area contributed by atoms with Crippen molar-refractivity contribution >= 4 is 59.4 Å². The molecule has 5 aliphatic carbocycles. The van der Waals surface area contributed by atoms with Crippen molar-refractivity contribution in [2.45, 2.75) is 78.7 Å². The van der Waals surface area contributed by atoms with Gasteiger partial charge >= 0.3 is 22.5 Å². The fraction of sp³-hybridized carbons (Fsp3) is 0.500. The molecule has 1 aliphatic heterocycles. The Morgan fingerprint density at radius 1 is 0.953 bits per heavy atom. The Balaban J connectivity index is 0.000000568. The lowest BCUT2D eigenvalue weighted by molar-refractivity contribution is -0.141. The van der Waals surface area contributed by atoms with Gasteiger partial charge in [0.1, 0.15) is 13.2 Å². The number of phosphoric ester groups is 1. The predicted molar refractivity (Wildman–Crippen MR) is 245 cm³/mol. The molecular weight excluding hydrogens is 883 g/mol. The van der Waals surface area contributed by atoms with Crippen LogP contribution in [0.3, 0.4) is 0 Å². The lowest BCUT2D eigenvalue weighted by Gasteiger charge is -2.58. The molecule has 0 spiro atoms. The van der Waals surface area contributed by atoms with Crippen molar-refractivity contribution in [3.8, 4) is 11.1 Å². The number of ether oxygens (including phenoxy) is 1. The topological polar surface area (TPSA) is 215 Å². The first-order valence-electron chi connectivity index (χ1n) is 21.6. The number of carbonyl (C=O) groups is 5. The van der Waals surface area contributed by atoms with Gasteiger partial charge in [0.2, 0.25) is 0 Å². The largest absolute Gasteiger partial charge is 0.479 e. The van der Waals surface area contributed by atoms with Crippen LogP contribution in [0.1, 0.15) is 83.8 Å². The van der Waals surface area contributed by atoms with Crippen molar-refractivity contribution in [1.29, 1.82) is 0 Å². The van der Waals surface area contributed by atoms with Gasteiger partial charge in [-0.2, -0.15) is 13.5 Å². The number of allylic oxidation sites excluding steroid dienone is 4. The molecule has 0 bridgehead atoms. The van der Waals surface area contributed by atoms with Crippen LogP contribution in [0.5, 0.6) is 0 Å². The van der Waals surface area contributed by atoms with E-state index >= 15 is 0 Å². The second-order valence-corrected chi connectivity index (χ2v) is 19.4. The first-order valence-corrected chi connectivity index (χ1v) is 24.2. The van der Waals surface area contributed by atoms with Gasteiger partial charge < -0.3 is 29.5 Å². The van der Waals surface area contributed by atoms with E-state index in [4.69, 9.17) is 18.1 Å². The summed E-state index contributed by atoms with van der Waals surface area (Å²) in [7, 11) is -7.75. The molecule has 15 nitrogen and oxygen atoms in total. The summed E-state index contributed by atoms with van der Waals surface area (Å²) in [5, 5.41) is 14.1. The highest BCUT2D eigenvalue weighted by atomic mass is 32.1. The molecule has 3 fully saturated rings. The van der Waals surface area contributed by atoms with E-state index in [0.29, 0.717) is 19.4 Å². The van der Waals surface area contributed by atoms with Crippen LogP contribution in [0.25, 0.3) is 11.1 Å². The summed E-state index contributed by atoms with van der Waals surface area (Å²) in [6, 6.07) is 16.0. The molecule has 3 amide bonds. The van der Waals surface area contributed by atoms with Gasteiger partial charge in [-0.15, -0.1) is 0 Å². The lowest BCUT2D eigenvalue weighted by Crippen LogP contribution is -2.56. The second-order valence-electron chi connectivity index (χ2n) is 16.8. The number of ketones is 2. The molecule has 18 heteroatoms. The maximum absolute atomic E-state index is 13.5. The number of nitrogens with one attached hydrogen (secondary N) is 1. The Morgan fingerprint density at radius 2 is 1.58 bits per heavy atom. The third-order valence-electron chi connectivity index (χ3n) is 13.6. The Kier molecular flexibility index (Phi) is 17.3. The number of phosphoric acid groups is 1. The van der Waals surface area contributed by atoms with E-state index in [2.05, 4.69) is 12.2 Å². The highest BCUT2D eigenvalue weighted by Gasteiger charge is 2.62. The van der Waals surface area contributed by atoms with Crippen LogP contribution in [0.2, 0.25) is 0 Å². The molecule has 0 aromatic heterocycles. The van der Waals surface area contributed by atoms with Crippen molar-refractivity contribution in [3.05, 3.63) is 95.6 Å². The molecule has 3 saturated carbocycles. The number of aliphatic hydroxyl groups is 1. The first kappa shape index (κ1) is 51.2. The van der Waals surface area contributed by atoms with Gasteiger partial charge in [-0.05, 0) is 90.7 Å². The number of likely N-dealkylation sites (N-methyl/N-ethyl adjacent to an activating group) is 1. The lowest BCUT2D eigenvalue weighted by atomic mass is 9.46. The average molecular weight is 943 g/mol. The summed E-state index contributed by atoms with van der Waals surface area (Å²) < 4.78 is 32.9. The summed E-state index contributed by atoms with van der Waals surface area (Å²) in [6.07, 6.45) is 9.76. The zero-order chi connectivity index (χ0) is 45.7. The highest BCUT2D eigenvalue weighted by Crippen LogP contribution is 2.66. The minimum Gasteiger partial charge on any atom is -0.449 e. The normalized spacial score (nSPS) is 28.6. The first-order chi connectivity index (χ1) is 30.1. The maximum atomic E-state index is 13.5. The quantitative estimate of drug-likeness (QED) is 0.0875. The van der Waals surface area contributed by atoms with Crippen LogP contribution in [-0.2, 0) is 41.8 Å². The highest BCUT2D eigenvalue weighted by molar-refractivity contribution is 7.59. The molecule has 4 N–H and O–H groups in total. The number of rotatable bonds is 13. The molecular formula is C46H60N2O13P2S. The van der Waals surface area contributed by atoms with Crippen molar-refractivity contribution in [2.75, 3.05) is 32.9 Å². The second kappa shape index (κ2) is 21.7.